The van der Waals surface area contributed by atoms with Gasteiger partial charge in [0, 0.05) is 19.6 Å². The van der Waals surface area contributed by atoms with Gasteiger partial charge in [0.05, 0.1) is 6.10 Å². The van der Waals surface area contributed by atoms with Gasteiger partial charge in [-0.1, -0.05) is 0 Å². The monoisotopic (exact) mass is 223 g/mol. The molecule has 2 atom stereocenters. The zero-order valence-electron chi connectivity index (χ0n) is 9.30. The molecule has 0 bridgehead atoms. The van der Waals surface area contributed by atoms with Crippen LogP contribution in [0.25, 0.3) is 0 Å². The average Bonchev–Trinajstić information content (AvgIpc) is 2.73. The fourth-order valence-electron chi connectivity index (χ4n) is 2.52. The van der Waals surface area contributed by atoms with Crippen LogP contribution in [0.1, 0.15) is 43.4 Å². The molecule has 2 unspecified atom stereocenters. The van der Waals surface area contributed by atoms with Gasteiger partial charge >= 0.3 is 0 Å². The lowest BCUT2D eigenvalue weighted by molar-refractivity contribution is 0.00603. The van der Waals surface area contributed by atoms with Crippen LogP contribution in [0, 0.1) is 0 Å². The fourth-order valence-corrected chi connectivity index (χ4v) is 2.52. The molecule has 1 aromatic rings. The Balaban J connectivity index is 1.85. The Morgan fingerprint density at radius 2 is 2.19 bits per heavy atom. The standard InChI is InChI=1S/C11H17N3O2/c15-8-4-5-14-10(7-8)12-13-11(14)9-3-1-2-6-16-9/h8-9,15H,1-7H2. The highest BCUT2D eigenvalue weighted by Gasteiger charge is 2.27. The van der Waals surface area contributed by atoms with Crippen LogP contribution in [0.15, 0.2) is 0 Å². The van der Waals surface area contributed by atoms with Gasteiger partial charge in [-0.15, -0.1) is 10.2 Å². The molecule has 0 radical (unpaired) electrons. The van der Waals surface area contributed by atoms with Crippen LogP contribution in [0.5, 0.6) is 0 Å². The number of aromatic nitrogens is 3. The lowest BCUT2D eigenvalue weighted by atomic mass is 10.1. The first-order valence-corrected chi connectivity index (χ1v) is 6.06. The van der Waals surface area contributed by atoms with Crippen molar-refractivity contribution in [1.82, 2.24) is 14.8 Å². The van der Waals surface area contributed by atoms with E-state index in [-0.39, 0.29) is 12.2 Å². The minimum Gasteiger partial charge on any atom is -0.393 e. The Bertz CT molecular complexity index is 371. The average molecular weight is 223 g/mol. The molecule has 3 heterocycles. The molecule has 2 aliphatic heterocycles. The van der Waals surface area contributed by atoms with Crippen LogP contribution in [0.2, 0.25) is 0 Å². The summed E-state index contributed by atoms with van der Waals surface area (Å²) in [5, 5.41) is 18.0. The number of rotatable bonds is 1. The first-order valence-electron chi connectivity index (χ1n) is 6.06. The molecule has 0 spiro atoms. The quantitative estimate of drug-likeness (QED) is 0.766. The van der Waals surface area contributed by atoms with Crippen molar-refractivity contribution < 1.29 is 9.84 Å². The third-order valence-corrected chi connectivity index (χ3v) is 3.43. The van der Waals surface area contributed by atoms with Gasteiger partial charge in [0.25, 0.3) is 0 Å². The van der Waals surface area contributed by atoms with Crippen LogP contribution < -0.4 is 0 Å². The van der Waals surface area contributed by atoms with Crippen molar-refractivity contribution >= 4 is 0 Å². The largest absolute Gasteiger partial charge is 0.393 e. The molecule has 1 saturated heterocycles. The molecule has 2 aliphatic rings. The Labute approximate surface area is 94.4 Å². The summed E-state index contributed by atoms with van der Waals surface area (Å²) in [6, 6.07) is 0. The van der Waals surface area contributed by atoms with E-state index in [9.17, 15) is 5.11 Å². The number of aliphatic hydroxyl groups is 1. The highest BCUT2D eigenvalue weighted by atomic mass is 16.5. The van der Waals surface area contributed by atoms with Gasteiger partial charge in [0.1, 0.15) is 11.9 Å². The first-order chi connectivity index (χ1) is 7.84. The number of fused-ring (bicyclic) bond motifs is 1. The van der Waals surface area contributed by atoms with Gasteiger partial charge in [-0.2, -0.15) is 0 Å². The second kappa shape index (κ2) is 4.14. The topological polar surface area (TPSA) is 60.2 Å². The predicted molar refractivity (Wildman–Crippen MR) is 56.9 cm³/mol. The normalized spacial score (nSPS) is 30.1. The Kier molecular flexibility index (Phi) is 2.65. The van der Waals surface area contributed by atoms with Gasteiger partial charge in [-0.3, -0.25) is 0 Å². The summed E-state index contributed by atoms with van der Waals surface area (Å²) in [4.78, 5) is 0. The van der Waals surface area contributed by atoms with Crippen molar-refractivity contribution in [2.75, 3.05) is 6.61 Å². The summed E-state index contributed by atoms with van der Waals surface area (Å²) in [6.45, 7) is 1.65. The summed E-state index contributed by atoms with van der Waals surface area (Å²) in [5.41, 5.74) is 0. The second-order valence-corrected chi connectivity index (χ2v) is 4.63. The van der Waals surface area contributed by atoms with Crippen molar-refractivity contribution in [2.45, 2.75) is 50.9 Å². The van der Waals surface area contributed by atoms with Gasteiger partial charge in [-0.25, -0.2) is 0 Å². The Morgan fingerprint density at radius 1 is 1.25 bits per heavy atom. The molecule has 0 saturated carbocycles. The van der Waals surface area contributed by atoms with Crippen molar-refractivity contribution in [1.29, 1.82) is 0 Å². The van der Waals surface area contributed by atoms with Crippen LogP contribution >= 0.6 is 0 Å². The van der Waals surface area contributed by atoms with E-state index in [2.05, 4.69) is 14.8 Å². The lowest BCUT2D eigenvalue weighted by Gasteiger charge is -2.25. The Hall–Kier alpha value is -0.940. The molecular weight excluding hydrogens is 206 g/mol. The first kappa shape index (κ1) is 10.2. The predicted octanol–water partition coefficient (Wildman–Crippen LogP) is 0.827. The number of nitrogens with zero attached hydrogens (tertiary/aromatic N) is 3. The molecule has 16 heavy (non-hydrogen) atoms. The van der Waals surface area contributed by atoms with Crippen molar-refractivity contribution in [3.8, 4) is 0 Å². The van der Waals surface area contributed by atoms with Crippen LogP contribution in [-0.4, -0.2) is 32.6 Å². The van der Waals surface area contributed by atoms with E-state index in [1.54, 1.807) is 0 Å². The maximum atomic E-state index is 9.56. The molecule has 1 N–H and O–H groups in total. The van der Waals surface area contributed by atoms with Crippen LogP contribution in [0.4, 0.5) is 0 Å². The molecule has 88 valence electrons. The van der Waals surface area contributed by atoms with Crippen molar-refractivity contribution in [3.63, 3.8) is 0 Å². The summed E-state index contributed by atoms with van der Waals surface area (Å²) in [7, 11) is 0. The number of ether oxygens (including phenoxy) is 1. The molecule has 0 amide bonds. The minimum absolute atomic E-state index is 0.116. The van der Waals surface area contributed by atoms with Gasteiger partial charge in [-0.05, 0) is 25.7 Å². The lowest BCUT2D eigenvalue weighted by Crippen LogP contribution is -2.26. The van der Waals surface area contributed by atoms with E-state index in [1.807, 2.05) is 0 Å². The smallest absolute Gasteiger partial charge is 0.162 e. The van der Waals surface area contributed by atoms with E-state index >= 15 is 0 Å². The summed E-state index contributed by atoms with van der Waals surface area (Å²) < 4.78 is 7.86. The van der Waals surface area contributed by atoms with E-state index in [0.717, 1.165) is 44.1 Å². The summed E-state index contributed by atoms with van der Waals surface area (Å²) in [6.07, 6.45) is 4.68. The zero-order chi connectivity index (χ0) is 11.0. The molecule has 5 heteroatoms. The molecule has 0 aromatic carbocycles. The van der Waals surface area contributed by atoms with Crippen molar-refractivity contribution in [3.05, 3.63) is 11.6 Å². The SMILES string of the molecule is OC1CCn2c(nnc2C2CCCCO2)C1. The van der Waals surface area contributed by atoms with Gasteiger partial charge < -0.3 is 14.4 Å². The number of aliphatic hydroxyl groups excluding tert-OH is 1. The molecule has 1 fully saturated rings. The highest BCUT2D eigenvalue weighted by molar-refractivity contribution is 5.03. The van der Waals surface area contributed by atoms with Gasteiger partial charge in [0.15, 0.2) is 5.82 Å². The van der Waals surface area contributed by atoms with Crippen LogP contribution in [-0.2, 0) is 17.7 Å². The third kappa shape index (κ3) is 1.74. The van der Waals surface area contributed by atoms with E-state index in [4.69, 9.17) is 4.74 Å². The highest BCUT2D eigenvalue weighted by Crippen LogP contribution is 2.28. The second-order valence-electron chi connectivity index (χ2n) is 4.63. The number of hydrogen-bond acceptors (Lipinski definition) is 4. The molecule has 0 aliphatic carbocycles. The third-order valence-electron chi connectivity index (χ3n) is 3.43. The Morgan fingerprint density at radius 3 is 3.00 bits per heavy atom. The van der Waals surface area contributed by atoms with Crippen molar-refractivity contribution in [2.24, 2.45) is 0 Å². The molecule has 3 rings (SSSR count). The van der Waals surface area contributed by atoms with E-state index in [0.29, 0.717) is 6.42 Å². The van der Waals surface area contributed by atoms with E-state index < -0.39 is 0 Å². The maximum absolute atomic E-state index is 9.56. The molecule has 5 nitrogen and oxygen atoms in total. The molecular formula is C11H17N3O2. The molecule has 1 aromatic heterocycles. The number of hydrogen-bond donors (Lipinski definition) is 1. The van der Waals surface area contributed by atoms with Crippen LogP contribution in [0.3, 0.4) is 0 Å². The van der Waals surface area contributed by atoms with Gasteiger partial charge in [0.2, 0.25) is 0 Å². The van der Waals surface area contributed by atoms with E-state index in [1.165, 1.54) is 6.42 Å². The summed E-state index contributed by atoms with van der Waals surface area (Å²) in [5.74, 6) is 1.87. The fraction of sp³-hybridized carbons (Fsp3) is 0.818. The minimum atomic E-state index is -0.253. The maximum Gasteiger partial charge on any atom is 0.162 e. The zero-order valence-corrected chi connectivity index (χ0v) is 9.30. The summed E-state index contributed by atoms with van der Waals surface area (Å²) >= 11 is 0.